The average molecular weight is 250 g/mol. The number of benzene rings is 1. The number of hydrogen-bond acceptors (Lipinski definition) is 3. The van der Waals surface area contributed by atoms with E-state index < -0.39 is 6.10 Å². The van der Waals surface area contributed by atoms with Crippen molar-refractivity contribution in [3.05, 3.63) is 29.3 Å². The fourth-order valence-corrected chi connectivity index (χ4v) is 2.28. The first-order valence-corrected chi connectivity index (χ1v) is 6.70. The molecule has 2 rings (SSSR count). The number of aliphatic hydroxyl groups excluding tert-OH is 1. The van der Waals surface area contributed by atoms with Crippen molar-refractivity contribution in [2.75, 3.05) is 13.2 Å². The third-order valence-corrected chi connectivity index (χ3v) is 3.34. The molecule has 1 aromatic rings. The van der Waals surface area contributed by atoms with E-state index >= 15 is 0 Å². The van der Waals surface area contributed by atoms with Gasteiger partial charge in [0.15, 0.2) is 0 Å². The van der Waals surface area contributed by atoms with Gasteiger partial charge in [-0.1, -0.05) is 12.1 Å². The van der Waals surface area contributed by atoms with Gasteiger partial charge >= 0.3 is 0 Å². The van der Waals surface area contributed by atoms with Crippen molar-refractivity contribution in [2.45, 2.75) is 45.3 Å². The van der Waals surface area contributed by atoms with Crippen LogP contribution in [0.4, 0.5) is 0 Å². The van der Waals surface area contributed by atoms with Crippen molar-refractivity contribution in [2.24, 2.45) is 0 Å². The van der Waals surface area contributed by atoms with Gasteiger partial charge in [-0.2, -0.15) is 0 Å². The standard InChI is InChI=1S/C15H22O3/c1-11-5-6-14(12(2)16)15(10-11)18-9-7-13-4-3-8-17-13/h5-6,10,12-13,16H,3-4,7-9H2,1-2H3. The SMILES string of the molecule is Cc1ccc(C(C)O)c(OCCC2CCCO2)c1. The second-order valence-corrected chi connectivity index (χ2v) is 4.99. The number of hydrogen-bond donors (Lipinski definition) is 1. The molecular formula is C15H22O3. The first kappa shape index (κ1) is 13.4. The lowest BCUT2D eigenvalue weighted by Gasteiger charge is -2.15. The fourth-order valence-electron chi connectivity index (χ4n) is 2.28. The average Bonchev–Trinajstić information content (AvgIpc) is 2.82. The third-order valence-electron chi connectivity index (χ3n) is 3.34. The summed E-state index contributed by atoms with van der Waals surface area (Å²) >= 11 is 0. The molecule has 1 aromatic carbocycles. The molecule has 2 atom stereocenters. The molecule has 18 heavy (non-hydrogen) atoms. The predicted octanol–water partition coefficient (Wildman–Crippen LogP) is 3.00. The zero-order valence-electron chi connectivity index (χ0n) is 11.2. The lowest BCUT2D eigenvalue weighted by Crippen LogP contribution is -2.11. The van der Waals surface area contributed by atoms with E-state index in [-0.39, 0.29) is 0 Å². The maximum Gasteiger partial charge on any atom is 0.125 e. The molecule has 0 aromatic heterocycles. The van der Waals surface area contributed by atoms with E-state index in [4.69, 9.17) is 9.47 Å². The summed E-state index contributed by atoms with van der Waals surface area (Å²) in [6, 6.07) is 5.91. The van der Waals surface area contributed by atoms with Crippen LogP contribution in [0.25, 0.3) is 0 Å². The smallest absolute Gasteiger partial charge is 0.125 e. The largest absolute Gasteiger partial charge is 0.493 e. The van der Waals surface area contributed by atoms with Crippen molar-refractivity contribution < 1.29 is 14.6 Å². The van der Waals surface area contributed by atoms with Crippen molar-refractivity contribution >= 4 is 0 Å². The van der Waals surface area contributed by atoms with E-state index in [0.29, 0.717) is 12.7 Å². The summed E-state index contributed by atoms with van der Waals surface area (Å²) in [6.45, 7) is 5.32. The highest BCUT2D eigenvalue weighted by Crippen LogP contribution is 2.26. The normalized spacial score (nSPS) is 20.9. The molecule has 1 aliphatic heterocycles. The fraction of sp³-hybridized carbons (Fsp3) is 0.600. The molecule has 0 radical (unpaired) electrons. The number of aryl methyl sites for hydroxylation is 1. The molecule has 1 N–H and O–H groups in total. The summed E-state index contributed by atoms with van der Waals surface area (Å²) < 4.78 is 11.4. The van der Waals surface area contributed by atoms with Gasteiger partial charge in [0.2, 0.25) is 0 Å². The highest BCUT2D eigenvalue weighted by Gasteiger charge is 2.16. The van der Waals surface area contributed by atoms with Crippen molar-refractivity contribution in [1.82, 2.24) is 0 Å². The van der Waals surface area contributed by atoms with E-state index in [2.05, 4.69) is 0 Å². The summed E-state index contributed by atoms with van der Waals surface area (Å²) in [7, 11) is 0. The highest BCUT2D eigenvalue weighted by molar-refractivity contribution is 5.38. The molecule has 0 spiro atoms. The summed E-state index contributed by atoms with van der Waals surface area (Å²) in [6.07, 6.45) is 3.08. The molecule has 1 aliphatic rings. The summed E-state index contributed by atoms with van der Waals surface area (Å²) in [4.78, 5) is 0. The van der Waals surface area contributed by atoms with E-state index in [1.54, 1.807) is 6.92 Å². The second-order valence-electron chi connectivity index (χ2n) is 4.99. The Morgan fingerprint density at radius 3 is 3.00 bits per heavy atom. The van der Waals surface area contributed by atoms with Gasteiger partial charge in [-0.3, -0.25) is 0 Å². The molecule has 0 saturated carbocycles. The van der Waals surface area contributed by atoms with Crippen LogP contribution < -0.4 is 4.74 Å². The van der Waals surface area contributed by atoms with Crippen LogP contribution in [0, 0.1) is 6.92 Å². The van der Waals surface area contributed by atoms with Gasteiger partial charge in [-0.15, -0.1) is 0 Å². The van der Waals surface area contributed by atoms with Crippen LogP contribution in [0.2, 0.25) is 0 Å². The molecule has 0 amide bonds. The zero-order chi connectivity index (χ0) is 13.0. The van der Waals surface area contributed by atoms with Crippen LogP contribution in [0.15, 0.2) is 18.2 Å². The Kier molecular flexibility index (Phi) is 4.61. The topological polar surface area (TPSA) is 38.7 Å². The van der Waals surface area contributed by atoms with Gasteiger partial charge in [-0.25, -0.2) is 0 Å². The van der Waals surface area contributed by atoms with Crippen LogP contribution in [0.3, 0.4) is 0 Å². The van der Waals surface area contributed by atoms with Crippen LogP contribution in [0.1, 0.15) is 43.4 Å². The quantitative estimate of drug-likeness (QED) is 0.873. The van der Waals surface area contributed by atoms with Gasteiger partial charge in [0.1, 0.15) is 5.75 Å². The highest BCUT2D eigenvalue weighted by atomic mass is 16.5. The molecule has 2 unspecified atom stereocenters. The Bertz CT molecular complexity index is 381. The number of aliphatic hydroxyl groups is 1. The predicted molar refractivity (Wildman–Crippen MR) is 70.9 cm³/mol. The number of ether oxygens (including phenoxy) is 2. The van der Waals surface area contributed by atoms with Crippen molar-refractivity contribution in [3.63, 3.8) is 0 Å². The van der Waals surface area contributed by atoms with Gasteiger partial charge < -0.3 is 14.6 Å². The molecular weight excluding hydrogens is 228 g/mol. The Morgan fingerprint density at radius 1 is 1.50 bits per heavy atom. The Balaban J connectivity index is 1.92. The number of rotatable bonds is 5. The Labute approximate surface area is 109 Å². The summed E-state index contributed by atoms with van der Waals surface area (Å²) in [5.41, 5.74) is 2.00. The van der Waals surface area contributed by atoms with Crippen LogP contribution >= 0.6 is 0 Å². The van der Waals surface area contributed by atoms with E-state index in [1.165, 1.54) is 0 Å². The Morgan fingerprint density at radius 2 is 2.33 bits per heavy atom. The molecule has 1 fully saturated rings. The van der Waals surface area contributed by atoms with E-state index in [9.17, 15) is 5.11 Å². The van der Waals surface area contributed by atoms with Crippen LogP contribution in [-0.4, -0.2) is 24.4 Å². The second kappa shape index (κ2) is 6.21. The third kappa shape index (κ3) is 3.47. The molecule has 3 heteroatoms. The first-order valence-electron chi connectivity index (χ1n) is 6.70. The van der Waals surface area contributed by atoms with E-state index in [1.807, 2.05) is 25.1 Å². The summed E-state index contributed by atoms with van der Waals surface area (Å²) in [5, 5.41) is 9.70. The Hall–Kier alpha value is -1.06. The lowest BCUT2D eigenvalue weighted by molar-refractivity contribution is 0.0896. The molecule has 1 saturated heterocycles. The van der Waals surface area contributed by atoms with Crippen molar-refractivity contribution in [3.8, 4) is 5.75 Å². The zero-order valence-corrected chi connectivity index (χ0v) is 11.2. The van der Waals surface area contributed by atoms with Gasteiger partial charge in [0.25, 0.3) is 0 Å². The molecule has 0 bridgehead atoms. The lowest BCUT2D eigenvalue weighted by atomic mass is 10.1. The molecule has 1 heterocycles. The first-order chi connectivity index (χ1) is 8.66. The van der Waals surface area contributed by atoms with Gasteiger partial charge in [0.05, 0.1) is 18.8 Å². The van der Waals surface area contributed by atoms with Crippen molar-refractivity contribution in [1.29, 1.82) is 0 Å². The van der Waals surface area contributed by atoms with Crippen LogP contribution in [0.5, 0.6) is 5.75 Å². The van der Waals surface area contributed by atoms with Crippen LogP contribution in [-0.2, 0) is 4.74 Å². The minimum absolute atomic E-state index is 0.352. The van der Waals surface area contributed by atoms with E-state index in [0.717, 1.165) is 42.7 Å². The molecule has 3 nitrogen and oxygen atoms in total. The summed E-state index contributed by atoms with van der Waals surface area (Å²) in [5.74, 6) is 0.794. The monoisotopic (exact) mass is 250 g/mol. The van der Waals surface area contributed by atoms with Gasteiger partial charge in [-0.05, 0) is 38.3 Å². The minimum atomic E-state index is -0.497. The molecule has 0 aliphatic carbocycles. The molecule has 100 valence electrons. The maximum absolute atomic E-state index is 9.70. The van der Waals surface area contributed by atoms with Gasteiger partial charge in [0, 0.05) is 18.6 Å². The minimum Gasteiger partial charge on any atom is -0.493 e. The maximum atomic E-state index is 9.70.